The second-order valence-electron chi connectivity index (χ2n) is 3.86. The Morgan fingerprint density at radius 3 is 2.38 bits per heavy atom. The third kappa shape index (κ3) is 2.68. The molecule has 1 heterocycles. The summed E-state index contributed by atoms with van der Waals surface area (Å²) >= 11 is 5.82. The summed E-state index contributed by atoms with van der Waals surface area (Å²) in [7, 11) is 0. The molecule has 0 saturated carbocycles. The summed E-state index contributed by atoms with van der Waals surface area (Å²) in [6.45, 7) is 8.67. The van der Waals surface area contributed by atoms with Gasteiger partial charge in [-0.05, 0) is 43.6 Å². The molecule has 1 rings (SSSR count). The zero-order valence-electron chi connectivity index (χ0n) is 8.31. The quantitative estimate of drug-likeness (QED) is 0.580. The van der Waals surface area contributed by atoms with Crippen molar-refractivity contribution in [2.24, 2.45) is 0 Å². The molecule has 4 heteroatoms. The zero-order valence-corrected chi connectivity index (χ0v) is 12.0. The fraction of sp³-hybridized carbons (Fsp3) is 0.667. The monoisotopic (exact) mass is 356 g/mol. The fourth-order valence-electron chi connectivity index (χ4n) is 1.20. The second kappa shape index (κ2) is 3.88. The van der Waals surface area contributed by atoms with Gasteiger partial charge in [0, 0.05) is 12.2 Å². The Labute approximate surface area is 101 Å². The first-order chi connectivity index (χ1) is 5.82. The summed E-state index contributed by atoms with van der Waals surface area (Å²) < 4.78 is 3.20. The van der Waals surface area contributed by atoms with Crippen LogP contribution >= 0.6 is 38.5 Å². The van der Waals surface area contributed by atoms with Crippen molar-refractivity contribution in [3.63, 3.8) is 0 Å². The largest absolute Gasteiger partial charge is 0.330 e. The van der Waals surface area contributed by atoms with Crippen LogP contribution in [-0.4, -0.2) is 9.55 Å². The van der Waals surface area contributed by atoms with E-state index in [1.165, 1.54) is 0 Å². The van der Waals surface area contributed by atoms with Crippen LogP contribution in [0.15, 0.2) is 10.8 Å². The van der Waals surface area contributed by atoms with Crippen LogP contribution in [0.25, 0.3) is 0 Å². The van der Waals surface area contributed by atoms with Crippen LogP contribution in [0.3, 0.4) is 0 Å². The first kappa shape index (κ1) is 11.5. The van der Waals surface area contributed by atoms with Gasteiger partial charge in [0.2, 0.25) is 0 Å². The molecule has 0 atom stereocenters. The Morgan fingerprint density at radius 2 is 2.08 bits per heavy atom. The zero-order chi connectivity index (χ0) is 10.2. The highest BCUT2D eigenvalue weighted by Gasteiger charge is 2.23. The molecular weight excluding hydrogens is 343 g/mol. The lowest BCUT2D eigenvalue weighted by Crippen LogP contribution is -2.16. The van der Waals surface area contributed by atoms with Crippen molar-refractivity contribution in [2.45, 2.75) is 37.2 Å². The summed E-state index contributed by atoms with van der Waals surface area (Å²) in [5, 5.41) is 0. The van der Waals surface area contributed by atoms with Crippen LogP contribution in [0.1, 0.15) is 39.6 Å². The van der Waals surface area contributed by atoms with Crippen molar-refractivity contribution in [1.29, 1.82) is 0 Å². The fourth-order valence-corrected chi connectivity index (χ4v) is 1.98. The van der Waals surface area contributed by atoms with Gasteiger partial charge in [-0.2, -0.15) is 0 Å². The number of alkyl halides is 1. The smallest absolute Gasteiger partial charge is 0.125 e. The first-order valence-corrected chi connectivity index (χ1v) is 6.13. The molecule has 13 heavy (non-hydrogen) atoms. The minimum Gasteiger partial charge on any atom is -0.330 e. The minimum absolute atomic E-state index is 0.0774. The van der Waals surface area contributed by atoms with Crippen LogP contribution in [0.2, 0.25) is 0 Å². The van der Waals surface area contributed by atoms with E-state index in [0.717, 1.165) is 10.4 Å². The van der Waals surface area contributed by atoms with Crippen LogP contribution in [0.5, 0.6) is 0 Å². The van der Waals surface area contributed by atoms with Crippen molar-refractivity contribution in [3.05, 3.63) is 16.6 Å². The predicted molar refractivity (Wildman–Crippen MR) is 67.4 cm³/mol. The molecule has 0 bridgehead atoms. The molecule has 0 unspecified atom stereocenters. The van der Waals surface area contributed by atoms with E-state index in [1.807, 2.05) is 6.20 Å². The van der Waals surface area contributed by atoms with E-state index in [1.54, 1.807) is 0 Å². The average molecular weight is 357 g/mol. The normalized spacial score (nSPS) is 12.5. The predicted octanol–water partition coefficient (Wildman–Crippen LogP) is 3.90. The molecule has 1 aromatic rings. The number of rotatable bonds is 2. The van der Waals surface area contributed by atoms with E-state index in [9.17, 15) is 0 Å². The van der Waals surface area contributed by atoms with E-state index < -0.39 is 0 Å². The van der Waals surface area contributed by atoms with Crippen molar-refractivity contribution in [1.82, 2.24) is 9.55 Å². The number of hydrogen-bond acceptors (Lipinski definition) is 1. The standard InChI is InChI=1S/C9H14BrIN2/c1-6(2)13-5-7(10)12-8(13)9(3,4)11/h5-6H,1-4H3. The minimum atomic E-state index is 0.0774. The summed E-state index contributed by atoms with van der Waals surface area (Å²) in [6.07, 6.45) is 2.04. The Balaban J connectivity index is 3.20. The maximum Gasteiger partial charge on any atom is 0.125 e. The third-order valence-corrected chi connectivity index (χ3v) is 2.66. The van der Waals surface area contributed by atoms with Gasteiger partial charge >= 0.3 is 0 Å². The van der Waals surface area contributed by atoms with Crippen LogP contribution < -0.4 is 0 Å². The van der Waals surface area contributed by atoms with E-state index in [0.29, 0.717) is 6.04 Å². The van der Waals surface area contributed by atoms with Crippen molar-refractivity contribution in [2.75, 3.05) is 0 Å². The molecule has 0 aliphatic carbocycles. The van der Waals surface area contributed by atoms with E-state index in [4.69, 9.17) is 0 Å². The summed E-state index contributed by atoms with van der Waals surface area (Å²) in [6, 6.07) is 0.461. The highest BCUT2D eigenvalue weighted by atomic mass is 127. The summed E-state index contributed by atoms with van der Waals surface area (Å²) in [5.74, 6) is 1.12. The molecule has 0 spiro atoms. The Morgan fingerprint density at radius 1 is 1.54 bits per heavy atom. The van der Waals surface area contributed by atoms with Crippen molar-refractivity contribution >= 4 is 38.5 Å². The molecular formula is C9H14BrIN2. The topological polar surface area (TPSA) is 17.8 Å². The summed E-state index contributed by atoms with van der Waals surface area (Å²) in [4.78, 5) is 4.48. The molecule has 0 aromatic carbocycles. The average Bonchev–Trinajstić information content (AvgIpc) is 2.29. The van der Waals surface area contributed by atoms with Gasteiger partial charge in [0.15, 0.2) is 0 Å². The summed E-state index contributed by atoms with van der Waals surface area (Å²) in [5.41, 5.74) is 0. The van der Waals surface area contributed by atoms with E-state index >= 15 is 0 Å². The van der Waals surface area contributed by atoms with Gasteiger partial charge in [-0.1, -0.05) is 22.6 Å². The molecule has 0 fully saturated rings. The van der Waals surface area contributed by atoms with Crippen LogP contribution in [0, 0.1) is 0 Å². The maximum atomic E-state index is 4.48. The molecule has 0 N–H and O–H groups in total. The molecule has 74 valence electrons. The lowest BCUT2D eigenvalue weighted by atomic mass is 10.2. The van der Waals surface area contributed by atoms with Crippen molar-refractivity contribution in [3.8, 4) is 0 Å². The second-order valence-corrected chi connectivity index (χ2v) is 7.37. The van der Waals surface area contributed by atoms with Gasteiger partial charge in [-0.25, -0.2) is 4.98 Å². The Kier molecular flexibility index (Phi) is 3.43. The van der Waals surface area contributed by atoms with E-state index in [-0.39, 0.29) is 3.42 Å². The Hall–Kier alpha value is 0.420. The lowest BCUT2D eigenvalue weighted by molar-refractivity contribution is 0.543. The van der Waals surface area contributed by atoms with Crippen molar-refractivity contribution < 1.29 is 0 Å². The highest BCUT2D eigenvalue weighted by molar-refractivity contribution is 14.1. The molecule has 1 aromatic heterocycles. The SMILES string of the molecule is CC(C)n1cc(Br)nc1C(C)(C)I. The lowest BCUT2D eigenvalue weighted by Gasteiger charge is -2.20. The van der Waals surface area contributed by atoms with E-state index in [2.05, 4.69) is 75.8 Å². The maximum absolute atomic E-state index is 4.48. The Bertz CT molecular complexity index is 299. The number of nitrogens with zero attached hydrogens (tertiary/aromatic N) is 2. The first-order valence-electron chi connectivity index (χ1n) is 4.26. The number of halogens is 2. The van der Waals surface area contributed by atoms with Gasteiger partial charge in [0.25, 0.3) is 0 Å². The van der Waals surface area contributed by atoms with Gasteiger partial charge in [-0.15, -0.1) is 0 Å². The molecule has 0 aliphatic heterocycles. The molecule has 0 aliphatic rings. The highest BCUT2D eigenvalue weighted by Crippen LogP contribution is 2.32. The molecule has 0 radical (unpaired) electrons. The molecule has 0 saturated heterocycles. The number of hydrogen-bond donors (Lipinski definition) is 0. The van der Waals surface area contributed by atoms with Gasteiger partial charge in [0.05, 0.1) is 3.42 Å². The van der Waals surface area contributed by atoms with Crippen LogP contribution in [0.4, 0.5) is 0 Å². The molecule has 2 nitrogen and oxygen atoms in total. The number of imidazole rings is 1. The third-order valence-electron chi connectivity index (χ3n) is 1.79. The van der Waals surface area contributed by atoms with Gasteiger partial charge in [-0.3, -0.25) is 0 Å². The number of aromatic nitrogens is 2. The van der Waals surface area contributed by atoms with Gasteiger partial charge in [0.1, 0.15) is 10.4 Å². The van der Waals surface area contributed by atoms with Gasteiger partial charge < -0.3 is 4.57 Å². The van der Waals surface area contributed by atoms with Crippen LogP contribution in [-0.2, 0) is 3.42 Å². The molecule has 0 amide bonds.